The molecule has 0 radical (unpaired) electrons. The summed E-state index contributed by atoms with van der Waals surface area (Å²) in [5.74, 6) is -1.07. The van der Waals surface area contributed by atoms with Crippen molar-refractivity contribution in [3.63, 3.8) is 0 Å². The zero-order chi connectivity index (χ0) is 21.0. The molecule has 152 valence electrons. The van der Waals surface area contributed by atoms with Crippen LogP contribution in [-0.2, 0) is 20.9 Å². The Kier molecular flexibility index (Phi) is 7.74. The van der Waals surface area contributed by atoms with Crippen molar-refractivity contribution in [3.05, 3.63) is 108 Å². The van der Waals surface area contributed by atoms with E-state index in [9.17, 15) is 9.59 Å². The fraction of sp³-hybridized carbons (Fsp3) is 0.125. The number of oxime groups is 1. The van der Waals surface area contributed by atoms with E-state index >= 15 is 0 Å². The zero-order valence-electron chi connectivity index (χ0n) is 16.2. The highest BCUT2D eigenvalue weighted by Gasteiger charge is 2.17. The first kappa shape index (κ1) is 20.8. The van der Waals surface area contributed by atoms with Crippen LogP contribution >= 0.6 is 0 Å². The lowest BCUT2D eigenvalue weighted by Gasteiger charge is -2.14. The summed E-state index contributed by atoms with van der Waals surface area (Å²) in [6.45, 7) is 0.0744. The minimum Gasteiger partial charge on any atom is -0.458 e. The van der Waals surface area contributed by atoms with Gasteiger partial charge in [0.2, 0.25) is 0 Å². The van der Waals surface area contributed by atoms with Crippen LogP contribution in [0.1, 0.15) is 26.3 Å². The Morgan fingerprint density at radius 3 is 1.90 bits per heavy atom. The largest absolute Gasteiger partial charge is 0.458 e. The fourth-order valence-corrected chi connectivity index (χ4v) is 2.50. The van der Waals surface area contributed by atoms with Gasteiger partial charge in [0, 0.05) is 0 Å². The molecule has 0 aromatic heterocycles. The van der Waals surface area contributed by atoms with Gasteiger partial charge in [0.1, 0.15) is 13.2 Å². The molecule has 0 saturated heterocycles. The quantitative estimate of drug-likeness (QED) is 0.303. The van der Waals surface area contributed by atoms with E-state index in [-0.39, 0.29) is 13.2 Å². The van der Waals surface area contributed by atoms with Gasteiger partial charge in [-0.25, -0.2) is 9.59 Å². The predicted octanol–water partition coefficient (Wildman–Crippen LogP) is 4.27. The Morgan fingerprint density at radius 1 is 0.767 bits per heavy atom. The van der Waals surface area contributed by atoms with Crippen molar-refractivity contribution < 1.29 is 23.9 Å². The average Bonchev–Trinajstić information content (AvgIpc) is 2.81. The molecule has 0 bridgehead atoms. The molecular formula is C24H21NO5. The van der Waals surface area contributed by atoms with Crippen LogP contribution in [-0.4, -0.2) is 30.9 Å². The number of hydrogen-bond donors (Lipinski definition) is 0. The van der Waals surface area contributed by atoms with E-state index in [4.69, 9.17) is 14.3 Å². The maximum atomic E-state index is 12.4. The molecule has 0 N–H and O–H groups in total. The van der Waals surface area contributed by atoms with Gasteiger partial charge >= 0.3 is 11.9 Å². The first-order chi connectivity index (χ1) is 14.7. The number of esters is 2. The summed E-state index contributed by atoms with van der Waals surface area (Å²) >= 11 is 0. The van der Waals surface area contributed by atoms with Crippen molar-refractivity contribution >= 4 is 18.2 Å². The number of carbonyl (C=O) groups excluding carboxylic acids is 2. The molecule has 3 rings (SSSR count). The smallest absolute Gasteiger partial charge is 0.338 e. The van der Waals surface area contributed by atoms with E-state index in [1.54, 1.807) is 60.7 Å². The van der Waals surface area contributed by atoms with Gasteiger partial charge < -0.3 is 14.3 Å². The lowest BCUT2D eigenvalue weighted by Crippen LogP contribution is -2.27. The first-order valence-corrected chi connectivity index (χ1v) is 9.40. The van der Waals surface area contributed by atoms with Crippen molar-refractivity contribution in [1.82, 2.24) is 0 Å². The monoisotopic (exact) mass is 403 g/mol. The Hall–Kier alpha value is -3.93. The Morgan fingerprint density at radius 2 is 1.30 bits per heavy atom. The highest BCUT2D eigenvalue weighted by molar-refractivity contribution is 5.91. The normalized spacial score (nSPS) is 11.6. The van der Waals surface area contributed by atoms with E-state index in [1.165, 1.54) is 6.21 Å². The van der Waals surface area contributed by atoms with Crippen LogP contribution in [0.25, 0.3) is 0 Å². The summed E-state index contributed by atoms with van der Waals surface area (Å²) in [7, 11) is 0. The third-order valence-electron chi connectivity index (χ3n) is 4.03. The van der Waals surface area contributed by atoms with Crippen LogP contribution in [0.15, 0.2) is 96.2 Å². The zero-order valence-corrected chi connectivity index (χ0v) is 16.2. The SMILES string of the molecule is O=C(OC[C@@H](/C=N/OCc1ccccc1)OC(=O)c1ccccc1)c1ccccc1. The molecule has 1 atom stereocenters. The van der Waals surface area contributed by atoms with Crippen molar-refractivity contribution in [2.45, 2.75) is 12.7 Å². The highest BCUT2D eigenvalue weighted by Crippen LogP contribution is 2.07. The third kappa shape index (κ3) is 6.60. The lowest BCUT2D eigenvalue weighted by atomic mass is 10.2. The topological polar surface area (TPSA) is 74.2 Å². The molecule has 0 heterocycles. The summed E-state index contributed by atoms with van der Waals surface area (Å²) in [6, 6.07) is 26.6. The second-order valence-electron chi connectivity index (χ2n) is 6.29. The molecule has 0 spiro atoms. The van der Waals surface area contributed by atoms with E-state index in [0.29, 0.717) is 11.1 Å². The van der Waals surface area contributed by atoms with Crippen LogP contribution in [0.3, 0.4) is 0 Å². The Labute approximate surface area is 174 Å². The highest BCUT2D eigenvalue weighted by atomic mass is 16.6. The second kappa shape index (κ2) is 11.2. The molecule has 0 aliphatic heterocycles. The van der Waals surface area contributed by atoms with Crippen LogP contribution < -0.4 is 0 Å². The lowest BCUT2D eigenvalue weighted by molar-refractivity contribution is 0.0153. The summed E-state index contributed by atoms with van der Waals surface area (Å²) in [4.78, 5) is 29.8. The minimum atomic E-state index is -0.902. The molecule has 0 fully saturated rings. The molecular weight excluding hydrogens is 382 g/mol. The molecule has 6 heteroatoms. The molecule has 3 aromatic carbocycles. The summed E-state index contributed by atoms with van der Waals surface area (Å²) in [5.41, 5.74) is 1.74. The van der Waals surface area contributed by atoms with Gasteiger partial charge in [-0.1, -0.05) is 71.9 Å². The maximum absolute atomic E-state index is 12.4. The molecule has 6 nitrogen and oxygen atoms in total. The first-order valence-electron chi connectivity index (χ1n) is 9.40. The van der Waals surface area contributed by atoms with Gasteiger partial charge in [-0.15, -0.1) is 0 Å². The minimum absolute atomic E-state index is 0.190. The van der Waals surface area contributed by atoms with Gasteiger partial charge in [-0.05, 0) is 29.8 Å². The molecule has 0 saturated carbocycles. The van der Waals surface area contributed by atoms with E-state index in [0.717, 1.165) is 5.56 Å². The van der Waals surface area contributed by atoms with Gasteiger partial charge in [0.25, 0.3) is 0 Å². The number of hydrogen-bond acceptors (Lipinski definition) is 6. The Bertz CT molecular complexity index is 959. The summed E-state index contributed by atoms with van der Waals surface area (Å²) in [5, 5.41) is 3.87. The van der Waals surface area contributed by atoms with Crippen LogP contribution in [0.2, 0.25) is 0 Å². The number of benzene rings is 3. The maximum Gasteiger partial charge on any atom is 0.338 e. The molecule has 0 aliphatic rings. The van der Waals surface area contributed by atoms with Crippen molar-refractivity contribution in [3.8, 4) is 0 Å². The molecule has 3 aromatic rings. The average molecular weight is 403 g/mol. The predicted molar refractivity (Wildman–Crippen MR) is 112 cm³/mol. The summed E-state index contributed by atoms with van der Waals surface area (Å²) < 4.78 is 10.7. The van der Waals surface area contributed by atoms with E-state index < -0.39 is 18.0 Å². The van der Waals surface area contributed by atoms with Crippen LogP contribution in [0.5, 0.6) is 0 Å². The molecule has 0 aliphatic carbocycles. The van der Waals surface area contributed by atoms with E-state index in [1.807, 2.05) is 30.3 Å². The van der Waals surface area contributed by atoms with Gasteiger partial charge in [0.05, 0.1) is 17.3 Å². The van der Waals surface area contributed by atoms with E-state index in [2.05, 4.69) is 5.16 Å². The number of carbonyl (C=O) groups is 2. The molecule has 0 unspecified atom stereocenters. The summed E-state index contributed by atoms with van der Waals surface area (Å²) in [6.07, 6.45) is 0.406. The number of nitrogens with zero attached hydrogens (tertiary/aromatic N) is 1. The second-order valence-corrected chi connectivity index (χ2v) is 6.29. The third-order valence-corrected chi connectivity index (χ3v) is 4.03. The molecule has 0 amide bonds. The van der Waals surface area contributed by atoms with Crippen molar-refractivity contribution in [2.24, 2.45) is 5.16 Å². The van der Waals surface area contributed by atoms with Crippen molar-refractivity contribution in [1.29, 1.82) is 0 Å². The van der Waals surface area contributed by atoms with Gasteiger partial charge in [0.15, 0.2) is 6.10 Å². The standard InChI is InChI=1S/C24H21NO5/c26-23(20-12-6-2-7-13-20)28-18-22(30-24(27)21-14-8-3-9-15-21)16-25-29-17-19-10-4-1-5-11-19/h1-16,22H,17-18H2/b25-16+/t22-/m1/s1. The van der Waals surface area contributed by atoms with Crippen molar-refractivity contribution in [2.75, 3.05) is 6.61 Å². The van der Waals surface area contributed by atoms with Gasteiger partial charge in [-0.2, -0.15) is 0 Å². The van der Waals surface area contributed by atoms with Crippen LogP contribution in [0.4, 0.5) is 0 Å². The number of rotatable bonds is 9. The Balaban J connectivity index is 1.60. The number of ether oxygens (including phenoxy) is 2. The van der Waals surface area contributed by atoms with Crippen LogP contribution in [0, 0.1) is 0 Å². The fourth-order valence-electron chi connectivity index (χ4n) is 2.50. The molecule has 30 heavy (non-hydrogen) atoms. The van der Waals surface area contributed by atoms with Gasteiger partial charge in [-0.3, -0.25) is 0 Å².